The second-order valence-electron chi connectivity index (χ2n) is 6.56. The van der Waals surface area contributed by atoms with Crippen molar-refractivity contribution >= 4 is 26.6 Å². The van der Waals surface area contributed by atoms with Gasteiger partial charge in [0.15, 0.2) is 5.78 Å². The van der Waals surface area contributed by atoms with Gasteiger partial charge in [-0.15, -0.1) is 0 Å². The fourth-order valence-electron chi connectivity index (χ4n) is 2.87. The summed E-state index contributed by atoms with van der Waals surface area (Å²) in [5.41, 5.74) is 1.83. The van der Waals surface area contributed by atoms with E-state index in [9.17, 15) is 13.2 Å². The molecule has 1 atom stereocenters. The van der Waals surface area contributed by atoms with Crippen molar-refractivity contribution in [2.45, 2.75) is 24.8 Å². The Hall–Kier alpha value is -2.76. The Labute approximate surface area is 159 Å². The van der Waals surface area contributed by atoms with Gasteiger partial charge in [0, 0.05) is 5.57 Å². The highest BCUT2D eigenvalue weighted by molar-refractivity contribution is 7.89. The van der Waals surface area contributed by atoms with Gasteiger partial charge in [-0.3, -0.25) is 4.79 Å². The summed E-state index contributed by atoms with van der Waals surface area (Å²) < 4.78 is 28.4. The first-order valence-corrected chi connectivity index (χ1v) is 10.0. The topological polar surface area (TPSA) is 63.2 Å². The third-order valence-corrected chi connectivity index (χ3v) is 5.95. The fourth-order valence-corrected chi connectivity index (χ4v) is 4.09. The highest BCUT2D eigenvalue weighted by atomic mass is 32.2. The lowest BCUT2D eigenvalue weighted by molar-refractivity contribution is -0.113. The molecule has 4 nitrogen and oxygen atoms in total. The summed E-state index contributed by atoms with van der Waals surface area (Å²) >= 11 is 0. The largest absolute Gasteiger partial charge is 0.295 e. The number of hydrogen-bond acceptors (Lipinski definition) is 3. The van der Waals surface area contributed by atoms with Crippen LogP contribution in [0.3, 0.4) is 0 Å². The molecule has 138 valence electrons. The smallest absolute Gasteiger partial charge is 0.241 e. The highest BCUT2D eigenvalue weighted by Crippen LogP contribution is 2.27. The van der Waals surface area contributed by atoms with Crippen LogP contribution in [0.15, 0.2) is 83.8 Å². The molecule has 27 heavy (non-hydrogen) atoms. The SMILES string of the molecule is C=C(C(C)=O)[C@@H](NS(=O)(=O)c1ccc(C)cc1)c1ccc2ccccc2c1. The maximum absolute atomic E-state index is 12.9. The first-order chi connectivity index (χ1) is 12.8. The molecule has 0 amide bonds. The van der Waals surface area contributed by atoms with Gasteiger partial charge in [0.1, 0.15) is 0 Å². The molecule has 0 aliphatic rings. The number of fused-ring (bicyclic) bond motifs is 1. The van der Waals surface area contributed by atoms with E-state index >= 15 is 0 Å². The fraction of sp³-hybridized carbons (Fsp3) is 0.136. The minimum atomic E-state index is -3.82. The molecule has 0 spiro atoms. The third-order valence-electron chi connectivity index (χ3n) is 4.51. The van der Waals surface area contributed by atoms with Crippen LogP contribution in [0, 0.1) is 6.92 Å². The summed E-state index contributed by atoms with van der Waals surface area (Å²) in [5, 5.41) is 2.00. The van der Waals surface area contributed by atoms with Crippen molar-refractivity contribution in [2.24, 2.45) is 0 Å². The molecular weight excluding hydrogens is 358 g/mol. The molecule has 0 bridgehead atoms. The van der Waals surface area contributed by atoms with Gasteiger partial charge in [-0.25, -0.2) is 8.42 Å². The van der Waals surface area contributed by atoms with Gasteiger partial charge in [-0.2, -0.15) is 4.72 Å². The van der Waals surface area contributed by atoms with Gasteiger partial charge in [0.25, 0.3) is 0 Å². The van der Waals surface area contributed by atoms with E-state index in [-0.39, 0.29) is 16.3 Å². The summed E-state index contributed by atoms with van der Waals surface area (Å²) in [5.74, 6) is -0.264. The number of nitrogens with one attached hydrogen (secondary N) is 1. The van der Waals surface area contributed by atoms with E-state index in [0.717, 1.165) is 16.3 Å². The number of rotatable bonds is 6. The van der Waals surface area contributed by atoms with Crippen molar-refractivity contribution in [3.8, 4) is 0 Å². The predicted octanol–water partition coefficient (Wildman–Crippen LogP) is 4.31. The molecule has 1 N–H and O–H groups in total. The average molecular weight is 379 g/mol. The van der Waals surface area contributed by atoms with E-state index in [4.69, 9.17) is 0 Å². The van der Waals surface area contributed by atoms with E-state index in [1.54, 1.807) is 24.3 Å². The molecular formula is C22H21NO3S. The molecule has 0 aromatic heterocycles. The van der Waals surface area contributed by atoms with E-state index in [0.29, 0.717) is 5.56 Å². The van der Waals surface area contributed by atoms with Crippen molar-refractivity contribution in [1.82, 2.24) is 4.72 Å². The quantitative estimate of drug-likeness (QED) is 0.649. The average Bonchev–Trinajstić information content (AvgIpc) is 2.65. The van der Waals surface area contributed by atoms with Crippen LogP contribution in [-0.2, 0) is 14.8 Å². The van der Waals surface area contributed by atoms with Crippen LogP contribution in [0.1, 0.15) is 24.1 Å². The summed E-state index contributed by atoms with van der Waals surface area (Å²) in [7, 11) is -3.82. The summed E-state index contributed by atoms with van der Waals surface area (Å²) in [4.78, 5) is 12.1. The van der Waals surface area contributed by atoms with Crippen molar-refractivity contribution in [2.75, 3.05) is 0 Å². The van der Waals surface area contributed by atoms with Crippen molar-refractivity contribution < 1.29 is 13.2 Å². The zero-order valence-corrected chi connectivity index (χ0v) is 16.1. The zero-order chi connectivity index (χ0) is 19.6. The second-order valence-corrected chi connectivity index (χ2v) is 8.27. The van der Waals surface area contributed by atoms with E-state index in [2.05, 4.69) is 11.3 Å². The minimum absolute atomic E-state index is 0.148. The molecule has 0 saturated heterocycles. The zero-order valence-electron chi connectivity index (χ0n) is 15.3. The standard InChI is InChI=1S/C22H21NO3S/c1-15-8-12-21(13-9-15)27(25,26)23-22(16(2)17(3)24)20-11-10-18-6-4-5-7-19(18)14-20/h4-14,22-23H,2H2,1,3H3/t22-/m1/s1. The summed E-state index contributed by atoms with van der Waals surface area (Å²) in [6.07, 6.45) is 0. The first-order valence-electron chi connectivity index (χ1n) is 8.55. The number of carbonyl (C=O) groups excluding carboxylic acids is 1. The van der Waals surface area contributed by atoms with Crippen LogP contribution in [0.2, 0.25) is 0 Å². The van der Waals surface area contributed by atoms with E-state index < -0.39 is 16.1 Å². The third kappa shape index (κ3) is 4.15. The summed E-state index contributed by atoms with van der Waals surface area (Å²) in [6.45, 7) is 7.10. The second kappa shape index (κ2) is 7.47. The maximum atomic E-state index is 12.9. The molecule has 0 aliphatic heterocycles. The predicted molar refractivity (Wildman–Crippen MR) is 108 cm³/mol. The van der Waals surface area contributed by atoms with Gasteiger partial charge in [-0.05, 0) is 48.4 Å². The maximum Gasteiger partial charge on any atom is 0.241 e. The number of ketones is 1. The van der Waals surface area contributed by atoms with Crippen LogP contribution < -0.4 is 4.72 Å². The van der Waals surface area contributed by atoms with E-state index in [1.807, 2.05) is 49.4 Å². The monoisotopic (exact) mass is 379 g/mol. The molecule has 0 unspecified atom stereocenters. The minimum Gasteiger partial charge on any atom is -0.295 e. The van der Waals surface area contributed by atoms with Crippen LogP contribution >= 0.6 is 0 Å². The van der Waals surface area contributed by atoms with Gasteiger partial charge in [0.05, 0.1) is 10.9 Å². The number of aryl methyl sites for hydroxylation is 1. The Morgan fingerprint density at radius 1 is 0.963 bits per heavy atom. The Balaban J connectivity index is 2.04. The molecule has 3 rings (SSSR count). The molecule has 3 aromatic carbocycles. The van der Waals surface area contributed by atoms with Gasteiger partial charge in [0.2, 0.25) is 10.0 Å². The lowest BCUT2D eigenvalue weighted by atomic mass is 9.96. The van der Waals surface area contributed by atoms with Crippen LogP contribution in [0.25, 0.3) is 10.8 Å². The molecule has 3 aromatic rings. The van der Waals surface area contributed by atoms with Gasteiger partial charge >= 0.3 is 0 Å². The lowest BCUT2D eigenvalue weighted by Crippen LogP contribution is -2.31. The first kappa shape index (κ1) is 19.0. The summed E-state index contributed by atoms with van der Waals surface area (Å²) in [6, 6.07) is 19.1. The van der Waals surface area contributed by atoms with Crippen molar-refractivity contribution in [1.29, 1.82) is 0 Å². The molecule has 0 aliphatic carbocycles. The Morgan fingerprint density at radius 2 is 1.59 bits per heavy atom. The number of benzene rings is 3. The Bertz CT molecular complexity index is 1120. The molecule has 0 saturated carbocycles. The Kier molecular flexibility index (Phi) is 5.26. The van der Waals surface area contributed by atoms with Gasteiger partial charge in [-0.1, -0.05) is 60.7 Å². The van der Waals surface area contributed by atoms with Crippen molar-refractivity contribution in [3.05, 3.63) is 90.0 Å². The molecule has 5 heteroatoms. The van der Waals surface area contributed by atoms with E-state index in [1.165, 1.54) is 6.92 Å². The number of sulfonamides is 1. The molecule has 0 radical (unpaired) electrons. The highest BCUT2D eigenvalue weighted by Gasteiger charge is 2.25. The van der Waals surface area contributed by atoms with Gasteiger partial charge < -0.3 is 0 Å². The number of carbonyl (C=O) groups is 1. The normalized spacial score (nSPS) is 12.7. The van der Waals surface area contributed by atoms with Crippen LogP contribution in [0.4, 0.5) is 0 Å². The lowest BCUT2D eigenvalue weighted by Gasteiger charge is -2.21. The Morgan fingerprint density at radius 3 is 2.22 bits per heavy atom. The number of hydrogen-bond donors (Lipinski definition) is 1. The number of Topliss-reactive ketones (excluding diaryl/α,β-unsaturated/α-hetero) is 1. The van der Waals surface area contributed by atoms with Crippen molar-refractivity contribution in [3.63, 3.8) is 0 Å². The molecule has 0 heterocycles. The van der Waals surface area contributed by atoms with Crippen LogP contribution in [-0.4, -0.2) is 14.2 Å². The van der Waals surface area contributed by atoms with Crippen LogP contribution in [0.5, 0.6) is 0 Å². The molecule has 0 fully saturated rings.